The van der Waals surface area contributed by atoms with Gasteiger partial charge in [0.1, 0.15) is 5.58 Å². The fourth-order valence-electron chi connectivity index (χ4n) is 2.42. The first-order valence-electron chi connectivity index (χ1n) is 8.08. The summed E-state index contributed by atoms with van der Waals surface area (Å²) in [5.41, 5.74) is 0.740. The van der Waals surface area contributed by atoms with Gasteiger partial charge < -0.3 is 8.83 Å². The van der Waals surface area contributed by atoms with Gasteiger partial charge in [0.2, 0.25) is 5.91 Å². The van der Waals surface area contributed by atoms with Gasteiger partial charge in [-0.25, -0.2) is 0 Å². The molecular weight excluding hydrogens is 350 g/mol. The summed E-state index contributed by atoms with van der Waals surface area (Å²) in [5, 5.41) is 11.4. The second-order valence-corrected chi connectivity index (χ2v) is 6.69. The number of amides is 1. The number of hydrogen-bond acceptors (Lipinski definition) is 6. The summed E-state index contributed by atoms with van der Waals surface area (Å²) in [7, 11) is 0. The van der Waals surface area contributed by atoms with Gasteiger partial charge in [-0.05, 0) is 24.3 Å². The normalized spacial score (nSPS) is 10.9. The Bertz CT molecular complexity index is 994. The first-order valence-corrected chi connectivity index (χ1v) is 9.07. The first-order chi connectivity index (χ1) is 12.8. The highest BCUT2D eigenvalue weighted by molar-refractivity contribution is 7.99. The Hall–Kier alpha value is -3.06. The molecule has 0 spiro atoms. The smallest absolute Gasteiger partial charge is 0.322 e. The van der Waals surface area contributed by atoms with Crippen molar-refractivity contribution < 1.29 is 13.6 Å². The number of furan rings is 1. The van der Waals surface area contributed by atoms with Crippen molar-refractivity contribution in [1.29, 1.82) is 0 Å². The third-order valence-corrected chi connectivity index (χ3v) is 4.66. The van der Waals surface area contributed by atoms with Gasteiger partial charge in [0, 0.05) is 22.5 Å². The number of carbonyl (C=O) groups is 1. The van der Waals surface area contributed by atoms with E-state index in [-0.39, 0.29) is 17.8 Å². The van der Waals surface area contributed by atoms with E-state index in [0.717, 1.165) is 15.9 Å². The van der Waals surface area contributed by atoms with Crippen molar-refractivity contribution in [3.63, 3.8) is 0 Å². The number of anilines is 1. The molecule has 0 saturated carbocycles. The van der Waals surface area contributed by atoms with Gasteiger partial charge in [-0.15, -0.1) is 16.9 Å². The molecule has 4 rings (SSSR count). The SMILES string of the molecule is O=C(CCSc1ccccc1)Nc1nnc(-c2cc3ccccc3o2)o1. The Balaban J connectivity index is 1.35. The molecule has 0 radical (unpaired) electrons. The molecule has 0 fully saturated rings. The Morgan fingerprint density at radius 1 is 1.00 bits per heavy atom. The van der Waals surface area contributed by atoms with Crippen LogP contribution in [0.25, 0.3) is 22.6 Å². The molecule has 2 heterocycles. The van der Waals surface area contributed by atoms with Crippen molar-refractivity contribution >= 4 is 34.7 Å². The third-order valence-electron chi connectivity index (χ3n) is 3.65. The molecule has 0 unspecified atom stereocenters. The van der Waals surface area contributed by atoms with Crippen LogP contribution in [-0.2, 0) is 4.79 Å². The lowest BCUT2D eigenvalue weighted by Crippen LogP contribution is -2.12. The zero-order chi connectivity index (χ0) is 17.8. The highest BCUT2D eigenvalue weighted by Gasteiger charge is 2.15. The number of thioether (sulfide) groups is 1. The average molecular weight is 365 g/mol. The predicted molar refractivity (Wildman–Crippen MR) is 99.9 cm³/mol. The second-order valence-electron chi connectivity index (χ2n) is 5.52. The minimum atomic E-state index is -0.173. The maximum Gasteiger partial charge on any atom is 0.322 e. The molecule has 6 nitrogen and oxygen atoms in total. The van der Waals surface area contributed by atoms with E-state index < -0.39 is 0 Å². The molecule has 1 amide bonds. The Labute approximate surface area is 153 Å². The molecule has 130 valence electrons. The van der Waals surface area contributed by atoms with Crippen LogP contribution < -0.4 is 5.32 Å². The van der Waals surface area contributed by atoms with Gasteiger partial charge in [0.05, 0.1) is 0 Å². The molecule has 2 aromatic heterocycles. The zero-order valence-electron chi connectivity index (χ0n) is 13.7. The lowest BCUT2D eigenvalue weighted by atomic mass is 10.2. The molecule has 7 heteroatoms. The van der Waals surface area contributed by atoms with Crippen molar-refractivity contribution in [2.75, 3.05) is 11.1 Å². The highest BCUT2D eigenvalue weighted by atomic mass is 32.2. The van der Waals surface area contributed by atoms with Gasteiger partial charge in [-0.3, -0.25) is 10.1 Å². The van der Waals surface area contributed by atoms with Gasteiger partial charge in [0.15, 0.2) is 5.76 Å². The van der Waals surface area contributed by atoms with Gasteiger partial charge in [0.25, 0.3) is 5.89 Å². The number of para-hydroxylation sites is 1. The zero-order valence-corrected chi connectivity index (χ0v) is 14.5. The minimum Gasteiger partial charge on any atom is -0.451 e. The predicted octanol–water partition coefficient (Wildman–Crippen LogP) is 4.60. The number of nitrogens with one attached hydrogen (secondary N) is 1. The molecule has 2 aromatic carbocycles. The lowest BCUT2D eigenvalue weighted by Gasteiger charge is -2.01. The topological polar surface area (TPSA) is 81.2 Å². The maximum atomic E-state index is 12.0. The molecule has 0 saturated heterocycles. The monoisotopic (exact) mass is 365 g/mol. The first kappa shape index (κ1) is 16.4. The van der Waals surface area contributed by atoms with Gasteiger partial charge in [-0.1, -0.05) is 41.5 Å². The van der Waals surface area contributed by atoms with E-state index in [2.05, 4.69) is 15.5 Å². The molecule has 4 aromatic rings. The molecule has 0 atom stereocenters. The van der Waals surface area contributed by atoms with Crippen LogP contribution in [0.3, 0.4) is 0 Å². The molecular formula is C19H15N3O3S. The van der Waals surface area contributed by atoms with E-state index in [1.54, 1.807) is 11.8 Å². The fourth-order valence-corrected chi connectivity index (χ4v) is 3.29. The van der Waals surface area contributed by atoms with E-state index in [0.29, 0.717) is 17.9 Å². The molecule has 26 heavy (non-hydrogen) atoms. The average Bonchev–Trinajstić information content (AvgIpc) is 3.29. The van der Waals surface area contributed by atoms with Crippen LogP contribution in [0.2, 0.25) is 0 Å². The van der Waals surface area contributed by atoms with Crippen LogP contribution >= 0.6 is 11.8 Å². The summed E-state index contributed by atoms with van der Waals surface area (Å²) >= 11 is 1.62. The number of carbonyl (C=O) groups excluding carboxylic acids is 1. The van der Waals surface area contributed by atoms with Crippen molar-refractivity contribution in [3.05, 3.63) is 60.7 Å². The standard InChI is InChI=1S/C19H15N3O3S/c23-17(10-11-26-14-7-2-1-3-8-14)20-19-22-21-18(25-19)16-12-13-6-4-5-9-15(13)24-16/h1-9,12H,10-11H2,(H,20,22,23). The van der Waals surface area contributed by atoms with Crippen LogP contribution in [0.4, 0.5) is 6.01 Å². The van der Waals surface area contributed by atoms with Crippen molar-refractivity contribution in [2.24, 2.45) is 0 Å². The van der Waals surface area contributed by atoms with E-state index in [9.17, 15) is 4.79 Å². The quantitative estimate of drug-likeness (QED) is 0.503. The number of hydrogen-bond donors (Lipinski definition) is 1. The van der Waals surface area contributed by atoms with Crippen molar-refractivity contribution in [1.82, 2.24) is 10.2 Å². The highest BCUT2D eigenvalue weighted by Crippen LogP contribution is 2.27. The minimum absolute atomic E-state index is 0.0650. The van der Waals surface area contributed by atoms with Crippen molar-refractivity contribution in [3.8, 4) is 11.7 Å². The number of nitrogens with zero attached hydrogens (tertiary/aromatic N) is 2. The molecule has 1 N–H and O–H groups in total. The van der Waals surface area contributed by atoms with Gasteiger partial charge >= 0.3 is 6.01 Å². The van der Waals surface area contributed by atoms with E-state index >= 15 is 0 Å². The fraction of sp³-hybridized carbons (Fsp3) is 0.105. The van der Waals surface area contributed by atoms with Crippen LogP contribution in [0, 0.1) is 0 Å². The molecule has 0 aliphatic rings. The number of benzene rings is 2. The Kier molecular flexibility index (Phi) is 4.70. The summed E-state index contributed by atoms with van der Waals surface area (Å²) in [6.45, 7) is 0. The van der Waals surface area contributed by atoms with E-state index in [1.165, 1.54) is 0 Å². The van der Waals surface area contributed by atoms with Crippen molar-refractivity contribution in [2.45, 2.75) is 11.3 Å². The third kappa shape index (κ3) is 3.78. The molecule has 0 aliphatic heterocycles. The summed E-state index contributed by atoms with van der Waals surface area (Å²) < 4.78 is 11.2. The summed E-state index contributed by atoms with van der Waals surface area (Å²) in [4.78, 5) is 13.1. The number of rotatable bonds is 6. The van der Waals surface area contributed by atoms with E-state index in [1.807, 2.05) is 60.7 Å². The van der Waals surface area contributed by atoms with Crippen LogP contribution in [0.1, 0.15) is 6.42 Å². The second kappa shape index (κ2) is 7.45. The number of fused-ring (bicyclic) bond motifs is 1. The Morgan fingerprint density at radius 3 is 2.65 bits per heavy atom. The van der Waals surface area contributed by atoms with E-state index in [4.69, 9.17) is 8.83 Å². The number of aromatic nitrogens is 2. The van der Waals surface area contributed by atoms with Crippen LogP contribution in [-0.4, -0.2) is 21.9 Å². The maximum absolute atomic E-state index is 12.0. The lowest BCUT2D eigenvalue weighted by molar-refractivity contribution is -0.115. The summed E-state index contributed by atoms with van der Waals surface area (Å²) in [6, 6.07) is 19.4. The largest absolute Gasteiger partial charge is 0.451 e. The summed E-state index contributed by atoms with van der Waals surface area (Å²) in [5.74, 6) is 1.20. The summed E-state index contributed by atoms with van der Waals surface area (Å²) in [6.07, 6.45) is 0.349. The van der Waals surface area contributed by atoms with Crippen LogP contribution in [0.15, 0.2) is 74.4 Å². The van der Waals surface area contributed by atoms with Crippen LogP contribution in [0.5, 0.6) is 0 Å². The molecule has 0 aliphatic carbocycles. The van der Waals surface area contributed by atoms with Gasteiger partial charge in [-0.2, -0.15) is 0 Å². The molecule has 0 bridgehead atoms. The Morgan fingerprint density at radius 2 is 1.81 bits per heavy atom.